The summed E-state index contributed by atoms with van der Waals surface area (Å²) in [5, 5.41) is 3.84. The van der Waals surface area contributed by atoms with Gasteiger partial charge < -0.3 is 4.42 Å². The fourth-order valence-electron chi connectivity index (χ4n) is 3.61. The molecular formula is C20H14O. The smallest absolute Gasteiger partial charge is 0.135 e. The molecule has 4 aromatic rings. The molecule has 3 aromatic carbocycles. The van der Waals surface area contributed by atoms with Crippen LogP contribution in [-0.4, -0.2) is 0 Å². The molecule has 1 aromatic heterocycles. The van der Waals surface area contributed by atoms with Crippen molar-refractivity contribution in [1.29, 1.82) is 0 Å². The first kappa shape index (κ1) is 11.2. The first-order valence-electron chi connectivity index (χ1n) is 7.43. The topological polar surface area (TPSA) is 13.1 Å². The minimum Gasteiger partial charge on any atom is -0.460 e. The molecule has 0 saturated heterocycles. The molecule has 21 heavy (non-hydrogen) atoms. The molecule has 0 aliphatic heterocycles. The van der Waals surface area contributed by atoms with Gasteiger partial charge in [-0.15, -0.1) is 0 Å². The highest BCUT2D eigenvalue weighted by Crippen LogP contribution is 2.43. The first-order valence-corrected chi connectivity index (χ1v) is 7.43. The maximum Gasteiger partial charge on any atom is 0.135 e. The Morgan fingerprint density at radius 1 is 0.762 bits per heavy atom. The number of rotatable bonds is 0. The van der Waals surface area contributed by atoms with Gasteiger partial charge in [-0.25, -0.2) is 0 Å². The van der Waals surface area contributed by atoms with Gasteiger partial charge in [-0.3, -0.25) is 0 Å². The van der Waals surface area contributed by atoms with Crippen LogP contribution in [0.4, 0.5) is 0 Å². The predicted octanol–water partition coefficient (Wildman–Crippen LogP) is 5.35. The summed E-state index contributed by atoms with van der Waals surface area (Å²) in [5.41, 5.74) is 5.09. The van der Waals surface area contributed by atoms with E-state index in [-0.39, 0.29) is 0 Å². The summed E-state index contributed by atoms with van der Waals surface area (Å²) in [6.07, 6.45) is 2.07. The van der Waals surface area contributed by atoms with Crippen molar-refractivity contribution in [1.82, 2.24) is 0 Å². The largest absolute Gasteiger partial charge is 0.460 e. The fourth-order valence-corrected chi connectivity index (χ4v) is 3.61. The Morgan fingerprint density at radius 3 is 2.62 bits per heavy atom. The predicted molar refractivity (Wildman–Crippen MR) is 86.6 cm³/mol. The Bertz CT molecular complexity index is 991. The van der Waals surface area contributed by atoms with E-state index in [0.717, 1.165) is 24.2 Å². The van der Waals surface area contributed by atoms with Gasteiger partial charge in [0.05, 0.1) is 0 Å². The van der Waals surface area contributed by atoms with Gasteiger partial charge in [0.15, 0.2) is 0 Å². The van der Waals surface area contributed by atoms with E-state index in [1.54, 1.807) is 0 Å². The Balaban J connectivity index is 2.01. The highest BCUT2D eigenvalue weighted by Gasteiger charge is 2.23. The van der Waals surface area contributed by atoms with Crippen molar-refractivity contribution in [2.24, 2.45) is 0 Å². The minimum atomic E-state index is 0.995. The second-order valence-corrected chi connectivity index (χ2v) is 5.72. The van der Waals surface area contributed by atoms with E-state index in [9.17, 15) is 0 Å². The molecule has 100 valence electrons. The maximum absolute atomic E-state index is 6.16. The number of hydrogen-bond acceptors (Lipinski definition) is 1. The molecule has 0 saturated carbocycles. The van der Waals surface area contributed by atoms with Crippen LogP contribution in [0.5, 0.6) is 0 Å². The van der Waals surface area contributed by atoms with Crippen LogP contribution in [0.2, 0.25) is 0 Å². The van der Waals surface area contributed by atoms with Gasteiger partial charge in [0, 0.05) is 17.4 Å². The number of hydrogen-bond donors (Lipinski definition) is 0. The van der Waals surface area contributed by atoms with E-state index >= 15 is 0 Å². The SMILES string of the molecule is c1ccc2c(c1)CCc1oc3ccc4ccccc4c3c1-2. The molecule has 1 aliphatic rings. The first-order chi connectivity index (χ1) is 10.4. The Hall–Kier alpha value is -2.54. The fraction of sp³-hybridized carbons (Fsp3) is 0.100. The van der Waals surface area contributed by atoms with E-state index in [1.807, 2.05) is 0 Å². The zero-order valence-electron chi connectivity index (χ0n) is 11.6. The van der Waals surface area contributed by atoms with Gasteiger partial charge in [0.25, 0.3) is 0 Å². The van der Waals surface area contributed by atoms with Gasteiger partial charge in [0.2, 0.25) is 0 Å². The third-order valence-electron chi connectivity index (χ3n) is 4.56. The van der Waals surface area contributed by atoms with E-state index < -0.39 is 0 Å². The Morgan fingerprint density at radius 2 is 1.62 bits per heavy atom. The summed E-state index contributed by atoms with van der Waals surface area (Å²) in [7, 11) is 0. The molecule has 0 fully saturated rings. The summed E-state index contributed by atoms with van der Waals surface area (Å²) >= 11 is 0. The van der Waals surface area contributed by atoms with Crippen molar-refractivity contribution in [2.75, 3.05) is 0 Å². The summed E-state index contributed by atoms with van der Waals surface area (Å²) in [5.74, 6) is 1.14. The van der Waals surface area contributed by atoms with Crippen LogP contribution in [0.1, 0.15) is 11.3 Å². The second-order valence-electron chi connectivity index (χ2n) is 5.72. The standard InChI is InChI=1S/C20H14O/c1-3-7-15-13(5-1)9-11-17-19(15)20-16-8-4-2-6-14(16)10-12-18(20)21-17/h1-9,11H,10,12H2. The van der Waals surface area contributed by atoms with Crippen molar-refractivity contribution in [3.05, 3.63) is 72.0 Å². The molecule has 1 heterocycles. The summed E-state index contributed by atoms with van der Waals surface area (Å²) < 4.78 is 6.16. The maximum atomic E-state index is 6.16. The molecule has 0 radical (unpaired) electrons. The van der Waals surface area contributed by atoms with Crippen LogP contribution in [0.25, 0.3) is 32.9 Å². The average Bonchev–Trinajstić information content (AvgIpc) is 2.94. The van der Waals surface area contributed by atoms with Gasteiger partial charge in [0.1, 0.15) is 11.3 Å². The lowest BCUT2D eigenvalue weighted by molar-refractivity contribution is 0.546. The molecule has 0 unspecified atom stereocenters. The molecule has 1 aliphatic carbocycles. The zero-order chi connectivity index (χ0) is 13.8. The molecule has 0 spiro atoms. The molecule has 0 atom stereocenters. The van der Waals surface area contributed by atoms with Gasteiger partial charge >= 0.3 is 0 Å². The number of furan rings is 1. The quantitative estimate of drug-likeness (QED) is 0.419. The van der Waals surface area contributed by atoms with Crippen LogP contribution in [0.15, 0.2) is 65.1 Å². The number of fused-ring (bicyclic) bond motifs is 7. The van der Waals surface area contributed by atoms with E-state index in [0.29, 0.717) is 0 Å². The van der Waals surface area contributed by atoms with Crippen molar-refractivity contribution < 1.29 is 4.42 Å². The third kappa shape index (κ3) is 1.46. The monoisotopic (exact) mass is 270 g/mol. The van der Waals surface area contributed by atoms with Crippen LogP contribution >= 0.6 is 0 Å². The molecule has 0 amide bonds. The summed E-state index contributed by atoms with van der Waals surface area (Å²) in [6, 6.07) is 21.5. The van der Waals surface area contributed by atoms with Crippen LogP contribution in [0.3, 0.4) is 0 Å². The molecule has 1 nitrogen and oxygen atoms in total. The van der Waals surface area contributed by atoms with Crippen molar-refractivity contribution in [3.63, 3.8) is 0 Å². The highest BCUT2D eigenvalue weighted by molar-refractivity contribution is 6.14. The third-order valence-corrected chi connectivity index (χ3v) is 4.56. The summed E-state index contributed by atoms with van der Waals surface area (Å²) in [6.45, 7) is 0. The van der Waals surface area contributed by atoms with Crippen LogP contribution in [-0.2, 0) is 12.8 Å². The van der Waals surface area contributed by atoms with Gasteiger partial charge in [-0.05, 0) is 34.4 Å². The van der Waals surface area contributed by atoms with E-state index in [1.165, 1.54) is 32.8 Å². The molecular weight excluding hydrogens is 256 g/mol. The Labute approximate surface area is 122 Å². The van der Waals surface area contributed by atoms with Crippen molar-refractivity contribution >= 4 is 21.7 Å². The molecule has 0 N–H and O–H groups in total. The minimum absolute atomic E-state index is 0.995. The number of benzene rings is 3. The lowest BCUT2D eigenvalue weighted by Gasteiger charge is -2.15. The van der Waals surface area contributed by atoms with Gasteiger partial charge in [-0.1, -0.05) is 54.6 Å². The normalized spacial score (nSPS) is 13.3. The lowest BCUT2D eigenvalue weighted by Crippen LogP contribution is -2.01. The van der Waals surface area contributed by atoms with Crippen molar-refractivity contribution in [2.45, 2.75) is 12.8 Å². The Kier molecular flexibility index (Phi) is 2.12. The summed E-state index contributed by atoms with van der Waals surface area (Å²) in [4.78, 5) is 0. The van der Waals surface area contributed by atoms with Crippen molar-refractivity contribution in [3.8, 4) is 11.1 Å². The highest BCUT2D eigenvalue weighted by atomic mass is 16.3. The van der Waals surface area contributed by atoms with E-state index in [4.69, 9.17) is 4.42 Å². The lowest BCUT2D eigenvalue weighted by atomic mass is 9.87. The molecule has 0 bridgehead atoms. The molecule has 5 rings (SSSR count). The van der Waals surface area contributed by atoms with Crippen LogP contribution in [0, 0.1) is 0 Å². The van der Waals surface area contributed by atoms with Crippen LogP contribution < -0.4 is 0 Å². The van der Waals surface area contributed by atoms with E-state index in [2.05, 4.69) is 60.7 Å². The zero-order valence-corrected chi connectivity index (χ0v) is 11.6. The second kappa shape index (κ2) is 3.98. The average molecular weight is 270 g/mol. The molecule has 1 heteroatoms. The number of aryl methyl sites for hydroxylation is 2. The van der Waals surface area contributed by atoms with Gasteiger partial charge in [-0.2, -0.15) is 0 Å².